The van der Waals surface area contributed by atoms with Crippen molar-refractivity contribution >= 4 is 23.4 Å². The van der Waals surface area contributed by atoms with E-state index in [4.69, 9.17) is 4.74 Å². The molecule has 7 nitrogen and oxygen atoms in total. The standard InChI is InChI=1S/C24H25N3O4/c28-22-14-31-21-10-7-16(11-20(21)26-22)23(29)25-18-8-5-15(6-9-18)12-27-13-17-3-1-2-4-19(17)24(27)30/h1-4,7,10-11,15,18H,5-6,8-9,12-14H2,(H,25,29)(H,26,28). The zero-order valence-corrected chi connectivity index (χ0v) is 17.2. The van der Waals surface area contributed by atoms with Crippen LogP contribution in [0.4, 0.5) is 5.69 Å². The van der Waals surface area contributed by atoms with Crippen LogP contribution in [0, 0.1) is 5.92 Å². The molecular weight excluding hydrogens is 394 g/mol. The Hall–Kier alpha value is -3.35. The highest BCUT2D eigenvalue weighted by molar-refractivity contribution is 6.00. The first-order valence-corrected chi connectivity index (χ1v) is 10.8. The predicted molar refractivity (Wildman–Crippen MR) is 115 cm³/mol. The van der Waals surface area contributed by atoms with Gasteiger partial charge in [0.05, 0.1) is 5.69 Å². The molecule has 7 heteroatoms. The Morgan fingerprint density at radius 2 is 1.90 bits per heavy atom. The molecule has 2 N–H and O–H groups in total. The summed E-state index contributed by atoms with van der Waals surface area (Å²) in [7, 11) is 0. The van der Waals surface area contributed by atoms with Crippen molar-refractivity contribution in [2.75, 3.05) is 18.5 Å². The maximum Gasteiger partial charge on any atom is 0.262 e. The highest BCUT2D eigenvalue weighted by Gasteiger charge is 2.31. The van der Waals surface area contributed by atoms with Crippen LogP contribution < -0.4 is 15.4 Å². The molecule has 0 unspecified atom stereocenters. The van der Waals surface area contributed by atoms with E-state index < -0.39 is 0 Å². The van der Waals surface area contributed by atoms with E-state index in [0.29, 0.717) is 29.5 Å². The van der Waals surface area contributed by atoms with Gasteiger partial charge >= 0.3 is 0 Å². The van der Waals surface area contributed by atoms with Crippen molar-refractivity contribution < 1.29 is 19.1 Å². The second-order valence-electron chi connectivity index (χ2n) is 8.58. The first kappa shape index (κ1) is 19.6. The van der Waals surface area contributed by atoms with Gasteiger partial charge in [0.25, 0.3) is 17.7 Å². The zero-order valence-electron chi connectivity index (χ0n) is 17.2. The molecule has 1 aliphatic carbocycles. The number of hydrogen-bond donors (Lipinski definition) is 2. The fraction of sp³-hybridized carbons (Fsp3) is 0.375. The molecule has 1 saturated carbocycles. The average Bonchev–Trinajstić information content (AvgIpc) is 3.10. The Balaban J connectivity index is 1.13. The van der Waals surface area contributed by atoms with Gasteiger partial charge in [-0.2, -0.15) is 0 Å². The van der Waals surface area contributed by atoms with Crippen LogP contribution >= 0.6 is 0 Å². The number of benzene rings is 2. The number of anilines is 1. The number of amides is 3. The van der Waals surface area contributed by atoms with Gasteiger partial charge in [-0.15, -0.1) is 0 Å². The van der Waals surface area contributed by atoms with Gasteiger partial charge in [0.2, 0.25) is 0 Å². The second kappa shape index (κ2) is 8.06. The molecule has 5 rings (SSSR count). The van der Waals surface area contributed by atoms with Crippen molar-refractivity contribution in [2.24, 2.45) is 5.92 Å². The summed E-state index contributed by atoms with van der Waals surface area (Å²) in [4.78, 5) is 38.7. The van der Waals surface area contributed by atoms with Crippen LogP contribution in [-0.4, -0.2) is 41.8 Å². The maximum atomic E-state index is 12.7. The highest BCUT2D eigenvalue weighted by atomic mass is 16.5. The molecule has 0 spiro atoms. The van der Waals surface area contributed by atoms with Crippen LogP contribution in [-0.2, 0) is 11.3 Å². The summed E-state index contributed by atoms with van der Waals surface area (Å²) in [6.45, 7) is 1.47. The quantitative estimate of drug-likeness (QED) is 0.798. The largest absolute Gasteiger partial charge is 0.482 e. The third kappa shape index (κ3) is 4.00. The van der Waals surface area contributed by atoms with Crippen LogP contribution in [0.3, 0.4) is 0 Å². The van der Waals surface area contributed by atoms with Gasteiger partial charge in [0.1, 0.15) is 5.75 Å². The maximum absolute atomic E-state index is 12.7. The van der Waals surface area contributed by atoms with E-state index in [1.807, 2.05) is 29.2 Å². The number of nitrogens with zero attached hydrogens (tertiary/aromatic N) is 1. The lowest BCUT2D eigenvalue weighted by molar-refractivity contribution is -0.118. The molecule has 0 atom stereocenters. The first-order valence-electron chi connectivity index (χ1n) is 10.8. The van der Waals surface area contributed by atoms with Crippen molar-refractivity contribution in [3.05, 3.63) is 59.2 Å². The molecule has 3 amide bonds. The van der Waals surface area contributed by atoms with Gasteiger partial charge in [-0.3, -0.25) is 14.4 Å². The van der Waals surface area contributed by atoms with E-state index in [2.05, 4.69) is 10.6 Å². The Bertz CT molecular complexity index is 1040. The summed E-state index contributed by atoms with van der Waals surface area (Å²) in [6, 6.07) is 13.0. The van der Waals surface area contributed by atoms with Gasteiger partial charge < -0.3 is 20.3 Å². The van der Waals surface area contributed by atoms with Gasteiger partial charge in [0, 0.05) is 30.3 Å². The van der Waals surface area contributed by atoms with Crippen LogP contribution in [0.5, 0.6) is 5.75 Å². The highest BCUT2D eigenvalue weighted by Crippen LogP contribution is 2.31. The molecular formula is C24H25N3O4. The molecule has 0 radical (unpaired) electrons. The Labute approximate surface area is 180 Å². The lowest BCUT2D eigenvalue weighted by atomic mass is 9.85. The van der Waals surface area contributed by atoms with Crippen LogP contribution in [0.1, 0.15) is 52.0 Å². The summed E-state index contributed by atoms with van der Waals surface area (Å²) < 4.78 is 5.34. The topological polar surface area (TPSA) is 87.7 Å². The number of hydrogen-bond acceptors (Lipinski definition) is 4. The number of ether oxygens (including phenoxy) is 1. The number of carbonyl (C=O) groups excluding carboxylic acids is 3. The Morgan fingerprint density at radius 1 is 1.10 bits per heavy atom. The molecule has 0 bridgehead atoms. The van der Waals surface area contributed by atoms with E-state index >= 15 is 0 Å². The number of fused-ring (bicyclic) bond motifs is 2. The number of nitrogens with one attached hydrogen (secondary N) is 2. The van der Waals surface area contributed by atoms with Crippen LogP contribution in [0.2, 0.25) is 0 Å². The minimum absolute atomic E-state index is 0.00308. The molecule has 3 aliphatic rings. The van der Waals surface area contributed by atoms with E-state index in [0.717, 1.165) is 43.4 Å². The molecule has 1 fully saturated rings. The Kier molecular flexibility index (Phi) is 5.10. The lowest BCUT2D eigenvalue weighted by Crippen LogP contribution is -2.40. The predicted octanol–water partition coefficient (Wildman–Crippen LogP) is 2.96. The van der Waals surface area contributed by atoms with Crippen molar-refractivity contribution in [3.63, 3.8) is 0 Å². The van der Waals surface area contributed by atoms with Gasteiger partial charge in [-0.25, -0.2) is 0 Å². The van der Waals surface area contributed by atoms with Gasteiger partial charge in [-0.1, -0.05) is 18.2 Å². The lowest BCUT2D eigenvalue weighted by Gasteiger charge is -2.31. The third-order valence-corrected chi connectivity index (χ3v) is 6.43. The van der Waals surface area contributed by atoms with E-state index in [1.54, 1.807) is 18.2 Å². The molecule has 0 saturated heterocycles. The fourth-order valence-corrected chi connectivity index (χ4v) is 4.76. The molecule has 2 aliphatic heterocycles. The third-order valence-electron chi connectivity index (χ3n) is 6.43. The van der Waals surface area contributed by atoms with E-state index in [1.165, 1.54) is 0 Å². The Morgan fingerprint density at radius 3 is 2.71 bits per heavy atom. The second-order valence-corrected chi connectivity index (χ2v) is 8.58. The van der Waals surface area contributed by atoms with Crippen molar-refractivity contribution in [1.29, 1.82) is 0 Å². The van der Waals surface area contributed by atoms with Crippen molar-refractivity contribution in [1.82, 2.24) is 10.2 Å². The SMILES string of the molecule is O=C1COc2ccc(C(=O)NC3CCC(CN4Cc5ccccc5C4=O)CC3)cc2N1. The summed E-state index contributed by atoms with van der Waals surface area (Å²) >= 11 is 0. The summed E-state index contributed by atoms with van der Waals surface area (Å²) in [5.41, 5.74) is 2.98. The smallest absolute Gasteiger partial charge is 0.262 e. The molecule has 2 heterocycles. The molecule has 160 valence electrons. The van der Waals surface area contributed by atoms with E-state index in [9.17, 15) is 14.4 Å². The van der Waals surface area contributed by atoms with Crippen LogP contribution in [0.25, 0.3) is 0 Å². The average molecular weight is 419 g/mol. The monoisotopic (exact) mass is 419 g/mol. The minimum atomic E-state index is -0.219. The molecule has 2 aromatic rings. The minimum Gasteiger partial charge on any atom is -0.482 e. The van der Waals surface area contributed by atoms with Crippen molar-refractivity contribution in [2.45, 2.75) is 38.3 Å². The summed E-state index contributed by atoms with van der Waals surface area (Å²) in [5, 5.41) is 5.85. The van der Waals surface area contributed by atoms with Crippen LogP contribution in [0.15, 0.2) is 42.5 Å². The van der Waals surface area contributed by atoms with E-state index in [-0.39, 0.29) is 30.4 Å². The van der Waals surface area contributed by atoms with Gasteiger partial charge in [-0.05, 0) is 61.4 Å². The first-order chi connectivity index (χ1) is 15.1. The summed E-state index contributed by atoms with van der Waals surface area (Å²) in [5.74, 6) is 0.812. The summed E-state index contributed by atoms with van der Waals surface area (Å²) in [6.07, 6.45) is 3.77. The van der Waals surface area contributed by atoms with Crippen molar-refractivity contribution in [3.8, 4) is 5.75 Å². The number of carbonyl (C=O) groups is 3. The fourth-order valence-electron chi connectivity index (χ4n) is 4.76. The zero-order chi connectivity index (χ0) is 21.4. The normalized spacial score (nSPS) is 22.3. The molecule has 2 aromatic carbocycles. The molecule has 0 aromatic heterocycles. The number of rotatable bonds is 4. The molecule has 31 heavy (non-hydrogen) atoms. The van der Waals surface area contributed by atoms with Gasteiger partial charge in [0.15, 0.2) is 6.61 Å².